The molecule has 0 amide bonds. The van der Waals surface area contributed by atoms with E-state index in [2.05, 4.69) is 97.6 Å². The molecule has 0 aromatic carbocycles. The Kier molecular flexibility index (Phi) is 12.6. The van der Waals surface area contributed by atoms with Crippen LogP contribution in [0.1, 0.15) is 84.0 Å². The van der Waals surface area contributed by atoms with Gasteiger partial charge in [-0.1, -0.05) is 51.8 Å². The van der Waals surface area contributed by atoms with Crippen molar-refractivity contribution < 1.29 is 0 Å². The minimum absolute atomic E-state index is 0.123. The molecule has 0 aliphatic rings. The van der Waals surface area contributed by atoms with Crippen molar-refractivity contribution in [1.29, 1.82) is 0 Å². The lowest BCUT2D eigenvalue weighted by molar-refractivity contribution is 0.821. The minimum Gasteiger partial charge on any atom is -0.362 e. The Bertz CT molecular complexity index is 955. The number of allylic oxidation sites excluding steroid dienone is 7. The average molecular weight is 482 g/mol. The number of anilines is 1. The first-order valence-corrected chi connectivity index (χ1v) is 13.4. The van der Waals surface area contributed by atoms with E-state index in [4.69, 9.17) is 0 Å². The van der Waals surface area contributed by atoms with Crippen LogP contribution >= 0.6 is 11.8 Å². The molecule has 5 nitrogen and oxygen atoms in total. The molecule has 34 heavy (non-hydrogen) atoms. The molecule has 6 heteroatoms. The number of aryl methyl sites for hydroxylation is 1. The number of thioether (sulfide) groups is 1. The molecule has 186 valence electrons. The van der Waals surface area contributed by atoms with E-state index < -0.39 is 0 Å². The van der Waals surface area contributed by atoms with Gasteiger partial charge in [-0.05, 0) is 85.3 Å². The van der Waals surface area contributed by atoms with Crippen LogP contribution in [0.3, 0.4) is 0 Å². The zero-order valence-electron chi connectivity index (χ0n) is 21.9. The van der Waals surface area contributed by atoms with E-state index in [1.807, 2.05) is 18.0 Å². The lowest BCUT2D eigenvalue weighted by atomic mass is 10.0. The Balaban J connectivity index is 1.91. The Labute approximate surface area is 210 Å². The molecular formula is C28H43N5S. The largest absolute Gasteiger partial charge is 0.362 e. The van der Waals surface area contributed by atoms with E-state index in [1.54, 1.807) is 6.20 Å². The summed E-state index contributed by atoms with van der Waals surface area (Å²) in [5.41, 5.74) is 8.01. The number of hydrogen-bond acceptors (Lipinski definition) is 4. The van der Waals surface area contributed by atoms with Crippen LogP contribution in [-0.2, 0) is 0 Å². The molecule has 0 saturated carbocycles. The Morgan fingerprint density at radius 3 is 2.44 bits per heavy atom. The molecule has 0 spiro atoms. The fourth-order valence-electron chi connectivity index (χ4n) is 3.54. The van der Waals surface area contributed by atoms with Gasteiger partial charge >= 0.3 is 0 Å². The van der Waals surface area contributed by atoms with E-state index in [1.165, 1.54) is 27.9 Å². The number of aromatic amines is 2. The summed E-state index contributed by atoms with van der Waals surface area (Å²) in [6.45, 7) is 13.1. The standard InChI is InChI=1S/C28H43N5S/c1-21(2)9-7-10-23(5)11-8-12-25(14-13-22(3)4)16-18-34-20-27(26-19-30-33-32-26)31-28-24(6)15-17-29-28/h9,11,13,15-17,19,27,29,31H,7-8,10,12,14,18,20H2,1-6H3,(H,30,32,33)/b23-11+,25-16-. The quantitative estimate of drug-likeness (QED) is 0.178. The number of nitrogens with one attached hydrogen (secondary N) is 3. The van der Waals surface area contributed by atoms with E-state index in [0.29, 0.717) is 0 Å². The van der Waals surface area contributed by atoms with Crippen LogP contribution in [0.5, 0.6) is 0 Å². The third kappa shape index (κ3) is 11.1. The molecule has 2 heterocycles. The molecule has 3 N–H and O–H groups in total. The van der Waals surface area contributed by atoms with Crippen LogP contribution in [-0.4, -0.2) is 31.9 Å². The Hall–Kier alpha value is -2.47. The molecule has 0 aliphatic carbocycles. The van der Waals surface area contributed by atoms with Crippen LogP contribution in [0.15, 0.2) is 65.1 Å². The summed E-state index contributed by atoms with van der Waals surface area (Å²) in [5.74, 6) is 2.98. The molecule has 0 aliphatic heterocycles. The predicted octanol–water partition coefficient (Wildman–Crippen LogP) is 8.08. The summed E-state index contributed by atoms with van der Waals surface area (Å²) in [6, 6.07) is 2.20. The number of nitrogens with zero attached hydrogens (tertiary/aromatic N) is 2. The van der Waals surface area contributed by atoms with Gasteiger partial charge in [-0.15, -0.1) is 5.10 Å². The van der Waals surface area contributed by atoms with Gasteiger partial charge in [-0.3, -0.25) is 5.10 Å². The first-order valence-electron chi connectivity index (χ1n) is 12.3. The SMILES string of the molecule is CC(C)=CCC/C(C)=C/CC/C(=C/CSCC(Nc1[nH]ccc1C)c1cnn[nH]1)CC=C(C)C. The van der Waals surface area contributed by atoms with Crippen molar-refractivity contribution in [3.8, 4) is 0 Å². The van der Waals surface area contributed by atoms with Crippen LogP contribution < -0.4 is 5.32 Å². The number of aromatic nitrogens is 4. The van der Waals surface area contributed by atoms with Crippen molar-refractivity contribution in [2.45, 2.75) is 79.7 Å². The van der Waals surface area contributed by atoms with E-state index in [0.717, 1.165) is 55.1 Å². The molecule has 2 aromatic heterocycles. The maximum Gasteiger partial charge on any atom is 0.106 e. The summed E-state index contributed by atoms with van der Waals surface area (Å²) in [6.07, 6.45) is 18.9. The summed E-state index contributed by atoms with van der Waals surface area (Å²) < 4.78 is 0. The van der Waals surface area contributed by atoms with Gasteiger partial charge in [-0.2, -0.15) is 11.8 Å². The van der Waals surface area contributed by atoms with Gasteiger partial charge in [0.25, 0.3) is 0 Å². The fraction of sp³-hybridized carbons (Fsp3) is 0.500. The summed E-state index contributed by atoms with van der Waals surface area (Å²) in [4.78, 5) is 3.28. The van der Waals surface area contributed by atoms with E-state index >= 15 is 0 Å². The molecular weight excluding hydrogens is 438 g/mol. The maximum absolute atomic E-state index is 3.98. The first kappa shape index (κ1) is 27.8. The molecule has 2 rings (SSSR count). The van der Waals surface area contributed by atoms with Gasteiger partial charge in [0, 0.05) is 17.7 Å². The summed E-state index contributed by atoms with van der Waals surface area (Å²) >= 11 is 1.93. The fourth-order valence-corrected chi connectivity index (χ4v) is 4.53. The highest BCUT2D eigenvalue weighted by Gasteiger charge is 2.15. The molecule has 0 saturated heterocycles. The molecule has 0 fully saturated rings. The van der Waals surface area contributed by atoms with Gasteiger partial charge in [0.05, 0.1) is 17.9 Å². The van der Waals surface area contributed by atoms with Crippen molar-refractivity contribution in [2.75, 3.05) is 16.8 Å². The molecule has 0 bridgehead atoms. The smallest absolute Gasteiger partial charge is 0.106 e. The van der Waals surface area contributed by atoms with Crippen LogP contribution in [0.4, 0.5) is 5.82 Å². The second-order valence-corrected chi connectivity index (χ2v) is 10.5. The van der Waals surface area contributed by atoms with Gasteiger partial charge < -0.3 is 10.3 Å². The predicted molar refractivity (Wildman–Crippen MR) is 149 cm³/mol. The first-order chi connectivity index (χ1) is 16.3. The number of H-pyrrole nitrogens is 2. The summed E-state index contributed by atoms with van der Waals surface area (Å²) in [5, 5.41) is 14.5. The highest BCUT2D eigenvalue weighted by molar-refractivity contribution is 7.99. The third-order valence-electron chi connectivity index (χ3n) is 5.68. The molecule has 1 unspecified atom stereocenters. The zero-order chi connectivity index (χ0) is 24.8. The van der Waals surface area contributed by atoms with Crippen LogP contribution in [0.25, 0.3) is 0 Å². The Morgan fingerprint density at radius 2 is 1.79 bits per heavy atom. The third-order valence-corrected chi connectivity index (χ3v) is 6.65. The Morgan fingerprint density at radius 1 is 1.03 bits per heavy atom. The molecule has 1 atom stereocenters. The topological polar surface area (TPSA) is 69.4 Å². The van der Waals surface area contributed by atoms with Gasteiger partial charge in [0.1, 0.15) is 5.82 Å². The zero-order valence-corrected chi connectivity index (χ0v) is 22.7. The number of hydrogen-bond donors (Lipinski definition) is 3. The van der Waals surface area contributed by atoms with Gasteiger partial charge in [-0.25, -0.2) is 0 Å². The monoisotopic (exact) mass is 481 g/mol. The van der Waals surface area contributed by atoms with Gasteiger partial charge in [0.15, 0.2) is 0 Å². The lowest BCUT2D eigenvalue weighted by Crippen LogP contribution is -2.15. The van der Waals surface area contributed by atoms with Crippen molar-refractivity contribution >= 4 is 17.6 Å². The van der Waals surface area contributed by atoms with Crippen LogP contribution in [0.2, 0.25) is 0 Å². The van der Waals surface area contributed by atoms with Gasteiger partial charge in [0.2, 0.25) is 0 Å². The second-order valence-electron chi connectivity index (χ2n) is 9.44. The second kappa shape index (κ2) is 15.4. The minimum atomic E-state index is 0.123. The van der Waals surface area contributed by atoms with Crippen molar-refractivity contribution in [3.63, 3.8) is 0 Å². The van der Waals surface area contributed by atoms with Crippen molar-refractivity contribution in [3.05, 3.63) is 76.3 Å². The molecule has 2 aromatic rings. The summed E-state index contributed by atoms with van der Waals surface area (Å²) in [7, 11) is 0. The van der Waals surface area contributed by atoms with Crippen molar-refractivity contribution in [1.82, 2.24) is 20.4 Å². The highest BCUT2D eigenvalue weighted by atomic mass is 32.2. The molecule has 0 radical (unpaired) electrons. The average Bonchev–Trinajstić information content (AvgIpc) is 3.45. The number of rotatable bonds is 15. The van der Waals surface area contributed by atoms with Crippen molar-refractivity contribution in [2.24, 2.45) is 0 Å². The lowest BCUT2D eigenvalue weighted by Gasteiger charge is -2.17. The highest BCUT2D eigenvalue weighted by Crippen LogP contribution is 2.24. The van der Waals surface area contributed by atoms with E-state index in [9.17, 15) is 0 Å². The van der Waals surface area contributed by atoms with E-state index in [-0.39, 0.29) is 6.04 Å². The maximum atomic E-state index is 3.98. The normalized spacial score (nSPS) is 13.0. The van der Waals surface area contributed by atoms with Crippen LogP contribution in [0, 0.1) is 6.92 Å².